The Morgan fingerprint density at radius 3 is 2.63 bits per heavy atom. The maximum absolute atomic E-state index is 13.4. The molecule has 0 radical (unpaired) electrons. The molecule has 3 rings (SSSR count). The van der Waals surface area contributed by atoms with Gasteiger partial charge in [-0.05, 0) is 36.3 Å². The van der Waals surface area contributed by atoms with Crippen molar-refractivity contribution in [3.8, 4) is 0 Å². The molecule has 2 amide bonds. The number of halogens is 2. The number of rotatable bonds is 5. The first-order chi connectivity index (χ1) is 12.9. The fourth-order valence-corrected chi connectivity index (χ4v) is 3.69. The predicted octanol–water partition coefficient (Wildman–Crippen LogP) is 4.08. The molecule has 7 nitrogen and oxygen atoms in total. The first-order valence-corrected chi connectivity index (χ1v) is 8.87. The number of imide groups is 1. The van der Waals surface area contributed by atoms with Gasteiger partial charge in [-0.1, -0.05) is 35.4 Å². The standard InChI is InChI=1S/C18H20F2N4O3/c19-18(20)8-6-13(7-9-18)15(22-23-21)16(25)24-14(11-27-17(24)26)10-12-4-2-1-3-5-12/h1-5,13-15H,6-11H2. The van der Waals surface area contributed by atoms with E-state index in [1.807, 2.05) is 30.3 Å². The van der Waals surface area contributed by atoms with Gasteiger partial charge in [0.2, 0.25) is 11.8 Å². The van der Waals surface area contributed by atoms with E-state index in [1.54, 1.807) is 0 Å². The summed E-state index contributed by atoms with van der Waals surface area (Å²) in [7, 11) is 0. The van der Waals surface area contributed by atoms with Crippen molar-refractivity contribution in [1.82, 2.24) is 4.90 Å². The van der Waals surface area contributed by atoms with E-state index >= 15 is 0 Å². The van der Waals surface area contributed by atoms with E-state index in [4.69, 9.17) is 10.3 Å². The molecule has 1 aromatic carbocycles. The maximum Gasteiger partial charge on any atom is 0.416 e. The molecule has 2 atom stereocenters. The second-order valence-electron chi connectivity index (χ2n) is 6.97. The fraction of sp³-hybridized carbons (Fsp3) is 0.556. The van der Waals surface area contributed by atoms with Gasteiger partial charge >= 0.3 is 6.09 Å². The monoisotopic (exact) mass is 378 g/mol. The van der Waals surface area contributed by atoms with Gasteiger partial charge in [0, 0.05) is 17.8 Å². The Labute approximate surface area is 154 Å². The second kappa shape index (κ2) is 7.92. The van der Waals surface area contributed by atoms with E-state index in [9.17, 15) is 18.4 Å². The molecule has 144 valence electrons. The molecule has 2 aliphatic rings. The molecule has 1 saturated heterocycles. The number of cyclic esters (lactones) is 1. The average Bonchev–Trinajstić information content (AvgIpc) is 3.01. The normalized spacial score (nSPS) is 23.4. The number of amides is 2. The first kappa shape index (κ1) is 19.1. The van der Waals surface area contributed by atoms with Crippen molar-refractivity contribution in [2.75, 3.05) is 6.61 Å². The predicted molar refractivity (Wildman–Crippen MR) is 92.0 cm³/mol. The highest BCUT2D eigenvalue weighted by molar-refractivity contribution is 5.96. The van der Waals surface area contributed by atoms with Gasteiger partial charge in [0.05, 0.1) is 6.04 Å². The summed E-state index contributed by atoms with van der Waals surface area (Å²) in [6.45, 7) is 0.0468. The Morgan fingerprint density at radius 1 is 1.33 bits per heavy atom. The average molecular weight is 378 g/mol. The quantitative estimate of drug-likeness (QED) is 0.439. The third kappa shape index (κ3) is 4.36. The molecule has 0 spiro atoms. The molecule has 1 aliphatic carbocycles. The van der Waals surface area contributed by atoms with Gasteiger partial charge in [-0.15, -0.1) is 0 Å². The SMILES string of the molecule is [N-]=[N+]=NC(C(=O)N1C(=O)OCC1Cc1ccccc1)C1CCC(F)(F)CC1. The molecule has 1 saturated carbocycles. The van der Waals surface area contributed by atoms with Crippen LogP contribution in [0.1, 0.15) is 31.2 Å². The number of carbonyl (C=O) groups excluding carboxylic acids is 2. The van der Waals surface area contributed by atoms with Crippen LogP contribution in [0, 0.1) is 5.92 Å². The van der Waals surface area contributed by atoms with Crippen molar-refractivity contribution in [2.24, 2.45) is 11.0 Å². The molecular weight excluding hydrogens is 358 g/mol. The van der Waals surface area contributed by atoms with Gasteiger partial charge in [-0.2, -0.15) is 0 Å². The summed E-state index contributed by atoms with van der Waals surface area (Å²) in [6.07, 6.45) is -0.978. The van der Waals surface area contributed by atoms with Crippen LogP contribution in [0.5, 0.6) is 0 Å². The Balaban J connectivity index is 1.77. The minimum atomic E-state index is -2.76. The van der Waals surface area contributed by atoms with Gasteiger partial charge in [0.25, 0.3) is 0 Å². The first-order valence-electron chi connectivity index (χ1n) is 8.87. The zero-order chi connectivity index (χ0) is 19.4. The highest BCUT2D eigenvalue weighted by Gasteiger charge is 2.45. The number of azide groups is 1. The van der Waals surface area contributed by atoms with E-state index in [1.165, 1.54) is 0 Å². The lowest BCUT2D eigenvalue weighted by Gasteiger charge is -2.32. The van der Waals surface area contributed by atoms with Crippen LogP contribution >= 0.6 is 0 Å². The summed E-state index contributed by atoms with van der Waals surface area (Å²) in [6, 6.07) is 7.61. The van der Waals surface area contributed by atoms with Crippen molar-refractivity contribution < 1.29 is 23.1 Å². The molecule has 27 heavy (non-hydrogen) atoms. The van der Waals surface area contributed by atoms with Gasteiger partial charge in [-0.25, -0.2) is 18.5 Å². The van der Waals surface area contributed by atoms with Gasteiger partial charge in [0.15, 0.2) is 0 Å². The summed E-state index contributed by atoms with van der Waals surface area (Å²) in [4.78, 5) is 28.8. The van der Waals surface area contributed by atoms with Crippen molar-refractivity contribution in [1.29, 1.82) is 0 Å². The van der Waals surface area contributed by atoms with E-state index in [2.05, 4.69) is 10.0 Å². The van der Waals surface area contributed by atoms with E-state index in [0.717, 1.165) is 10.5 Å². The number of hydrogen-bond acceptors (Lipinski definition) is 4. The molecule has 1 aliphatic heterocycles. The Bertz CT molecular complexity index is 742. The van der Waals surface area contributed by atoms with Crippen LogP contribution < -0.4 is 0 Å². The van der Waals surface area contributed by atoms with E-state index < -0.39 is 35.9 Å². The lowest BCUT2D eigenvalue weighted by molar-refractivity contribution is -0.133. The van der Waals surface area contributed by atoms with Crippen LogP contribution in [0.2, 0.25) is 0 Å². The molecule has 0 bridgehead atoms. The number of benzene rings is 1. The summed E-state index contributed by atoms with van der Waals surface area (Å²) in [5.74, 6) is -3.95. The van der Waals surface area contributed by atoms with Crippen LogP contribution in [-0.4, -0.2) is 41.5 Å². The van der Waals surface area contributed by atoms with E-state index in [-0.39, 0.29) is 32.3 Å². The van der Waals surface area contributed by atoms with Crippen LogP contribution in [0.4, 0.5) is 13.6 Å². The minimum absolute atomic E-state index is 0.0468. The topological polar surface area (TPSA) is 95.4 Å². The lowest BCUT2D eigenvalue weighted by Crippen LogP contribution is -2.48. The molecule has 9 heteroatoms. The van der Waals surface area contributed by atoms with Gasteiger partial charge < -0.3 is 4.74 Å². The Hall–Kier alpha value is -2.67. The summed E-state index contributed by atoms with van der Waals surface area (Å²) >= 11 is 0. The molecule has 1 aromatic rings. The number of carbonyl (C=O) groups is 2. The highest BCUT2D eigenvalue weighted by Crippen LogP contribution is 2.39. The number of hydrogen-bond donors (Lipinski definition) is 0. The third-order valence-corrected chi connectivity index (χ3v) is 5.15. The minimum Gasteiger partial charge on any atom is -0.447 e. The lowest BCUT2D eigenvalue weighted by atomic mass is 9.81. The number of nitrogens with zero attached hydrogens (tertiary/aromatic N) is 4. The summed E-state index contributed by atoms with van der Waals surface area (Å²) < 4.78 is 31.9. The zero-order valence-electron chi connectivity index (χ0n) is 14.6. The Morgan fingerprint density at radius 2 is 2.00 bits per heavy atom. The van der Waals surface area contributed by atoms with Crippen molar-refractivity contribution in [3.63, 3.8) is 0 Å². The van der Waals surface area contributed by atoms with Gasteiger partial charge in [-0.3, -0.25) is 4.79 Å². The van der Waals surface area contributed by atoms with Crippen LogP contribution in [0.15, 0.2) is 35.4 Å². The van der Waals surface area contributed by atoms with E-state index in [0.29, 0.717) is 6.42 Å². The van der Waals surface area contributed by atoms with Crippen LogP contribution in [-0.2, 0) is 16.0 Å². The molecule has 2 fully saturated rings. The number of alkyl halides is 2. The van der Waals surface area contributed by atoms with Crippen molar-refractivity contribution in [2.45, 2.75) is 50.1 Å². The van der Waals surface area contributed by atoms with Crippen molar-refractivity contribution in [3.05, 3.63) is 46.3 Å². The Kier molecular flexibility index (Phi) is 5.60. The molecular formula is C18H20F2N4O3. The second-order valence-corrected chi connectivity index (χ2v) is 6.97. The zero-order valence-corrected chi connectivity index (χ0v) is 14.6. The molecule has 0 aromatic heterocycles. The molecule has 0 N–H and O–H groups in total. The fourth-order valence-electron chi connectivity index (χ4n) is 3.69. The highest BCUT2D eigenvalue weighted by atomic mass is 19.3. The smallest absolute Gasteiger partial charge is 0.416 e. The van der Waals surface area contributed by atoms with Crippen LogP contribution in [0.3, 0.4) is 0 Å². The van der Waals surface area contributed by atoms with Crippen molar-refractivity contribution >= 4 is 12.0 Å². The summed E-state index contributed by atoms with van der Waals surface area (Å²) in [5.41, 5.74) is 9.78. The van der Waals surface area contributed by atoms with Gasteiger partial charge in [0.1, 0.15) is 12.6 Å². The van der Waals surface area contributed by atoms with Crippen LogP contribution in [0.25, 0.3) is 10.4 Å². The molecule has 2 unspecified atom stereocenters. The summed E-state index contributed by atoms with van der Waals surface area (Å²) in [5, 5.41) is 3.55. The largest absolute Gasteiger partial charge is 0.447 e. The third-order valence-electron chi connectivity index (χ3n) is 5.15. The maximum atomic E-state index is 13.4. The molecule has 1 heterocycles. The number of ether oxygens (including phenoxy) is 1.